The highest BCUT2D eigenvalue weighted by Crippen LogP contribution is 2.44. The van der Waals surface area contributed by atoms with E-state index in [9.17, 15) is 30.7 Å². The van der Waals surface area contributed by atoms with Crippen LogP contribution in [0.25, 0.3) is 0 Å². The Labute approximate surface area is 155 Å². The molecule has 0 radical (unpaired) electrons. The lowest BCUT2D eigenvalue weighted by Crippen LogP contribution is -2.44. The zero-order valence-corrected chi connectivity index (χ0v) is 14.1. The van der Waals surface area contributed by atoms with Gasteiger partial charge in [-0.15, -0.1) is 0 Å². The Morgan fingerprint density at radius 3 is 2.32 bits per heavy atom. The summed E-state index contributed by atoms with van der Waals surface area (Å²) in [6.45, 7) is -2.19. The molecule has 0 heterocycles. The predicted octanol–water partition coefficient (Wildman–Crippen LogP) is 3.41. The van der Waals surface area contributed by atoms with E-state index in [1.54, 1.807) is 6.07 Å². The third kappa shape index (κ3) is 3.92. The van der Waals surface area contributed by atoms with E-state index in [2.05, 4.69) is 0 Å². The standard InChI is InChI=1S/C17H11BF7NO2/c18-14-11(17(24,25)16(22,23)7-27)1-2-12(13(14)15(20)21)28-10-4-8(6-26)3-9(19)5-10/h1-5,15,27H,7,18H2. The number of ether oxygens (including phenoxy) is 1. The van der Waals surface area contributed by atoms with Crippen molar-refractivity contribution in [3.05, 3.63) is 52.8 Å². The summed E-state index contributed by atoms with van der Waals surface area (Å²) in [5.74, 6) is -11.8. The smallest absolute Gasteiger partial charge is 0.337 e. The molecule has 28 heavy (non-hydrogen) atoms. The topological polar surface area (TPSA) is 53.2 Å². The van der Waals surface area contributed by atoms with Gasteiger partial charge >= 0.3 is 11.8 Å². The molecule has 0 aromatic heterocycles. The van der Waals surface area contributed by atoms with E-state index < -0.39 is 53.0 Å². The van der Waals surface area contributed by atoms with Crippen molar-refractivity contribution >= 4 is 13.3 Å². The van der Waals surface area contributed by atoms with Crippen molar-refractivity contribution in [3.63, 3.8) is 0 Å². The third-order valence-corrected chi connectivity index (χ3v) is 3.92. The Hall–Kier alpha value is -2.74. The number of benzene rings is 2. The summed E-state index contributed by atoms with van der Waals surface area (Å²) in [6.07, 6.45) is -3.39. The first-order chi connectivity index (χ1) is 12.9. The first kappa shape index (κ1) is 21.6. The van der Waals surface area contributed by atoms with Crippen LogP contribution in [-0.4, -0.2) is 25.5 Å². The van der Waals surface area contributed by atoms with Crippen LogP contribution < -0.4 is 10.2 Å². The van der Waals surface area contributed by atoms with Crippen LogP contribution in [0.15, 0.2) is 30.3 Å². The van der Waals surface area contributed by atoms with Crippen LogP contribution in [0.4, 0.5) is 30.7 Å². The summed E-state index contributed by atoms with van der Waals surface area (Å²) >= 11 is 0. The summed E-state index contributed by atoms with van der Waals surface area (Å²) in [5, 5.41) is 17.3. The van der Waals surface area contributed by atoms with Gasteiger partial charge in [0.1, 0.15) is 31.8 Å². The van der Waals surface area contributed by atoms with Crippen LogP contribution in [0.2, 0.25) is 0 Å². The number of halogens is 7. The molecule has 2 rings (SSSR count). The maximum absolute atomic E-state index is 14.1. The molecule has 11 heteroatoms. The van der Waals surface area contributed by atoms with Gasteiger partial charge in [0.25, 0.3) is 6.43 Å². The largest absolute Gasteiger partial charge is 0.457 e. The number of nitrogens with zero attached hydrogens (tertiary/aromatic N) is 1. The molecule has 0 aliphatic rings. The number of nitriles is 1. The molecule has 0 aliphatic carbocycles. The van der Waals surface area contributed by atoms with Crippen molar-refractivity contribution in [3.8, 4) is 17.6 Å². The van der Waals surface area contributed by atoms with Crippen molar-refractivity contribution in [1.82, 2.24) is 0 Å². The minimum atomic E-state index is -4.93. The predicted molar refractivity (Wildman–Crippen MR) is 86.7 cm³/mol. The lowest BCUT2D eigenvalue weighted by molar-refractivity contribution is -0.231. The first-order valence-electron chi connectivity index (χ1n) is 7.61. The number of rotatable bonds is 6. The number of alkyl halides is 6. The van der Waals surface area contributed by atoms with Crippen LogP contribution >= 0.6 is 0 Å². The number of aliphatic hydroxyl groups is 1. The fraction of sp³-hybridized carbons (Fsp3) is 0.235. The third-order valence-electron chi connectivity index (χ3n) is 3.92. The van der Waals surface area contributed by atoms with Crippen molar-refractivity contribution in [2.75, 3.05) is 6.61 Å². The van der Waals surface area contributed by atoms with Crippen molar-refractivity contribution in [1.29, 1.82) is 5.26 Å². The molecular weight excluding hydrogens is 394 g/mol. The van der Waals surface area contributed by atoms with E-state index in [4.69, 9.17) is 15.1 Å². The first-order valence-corrected chi connectivity index (χ1v) is 7.61. The molecule has 1 N–H and O–H groups in total. The van der Waals surface area contributed by atoms with Crippen LogP contribution in [0.3, 0.4) is 0 Å². The number of hydrogen-bond acceptors (Lipinski definition) is 3. The van der Waals surface area contributed by atoms with Gasteiger partial charge in [0, 0.05) is 11.6 Å². The van der Waals surface area contributed by atoms with E-state index in [1.807, 2.05) is 0 Å². The molecular formula is C17H11BF7NO2. The monoisotopic (exact) mass is 405 g/mol. The van der Waals surface area contributed by atoms with E-state index in [0.29, 0.717) is 12.1 Å². The van der Waals surface area contributed by atoms with Gasteiger partial charge in [-0.2, -0.15) is 22.8 Å². The van der Waals surface area contributed by atoms with Crippen molar-refractivity contribution in [2.45, 2.75) is 18.3 Å². The fourth-order valence-corrected chi connectivity index (χ4v) is 2.51. The zero-order valence-electron chi connectivity index (χ0n) is 14.1. The molecule has 0 unspecified atom stereocenters. The Morgan fingerprint density at radius 2 is 1.79 bits per heavy atom. The molecule has 0 amide bonds. The maximum Gasteiger partial charge on any atom is 0.337 e. The van der Waals surface area contributed by atoms with Crippen LogP contribution in [0.5, 0.6) is 11.5 Å². The van der Waals surface area contributed by atoms with Gasteiger partial charge in [-0.25, -0.2) is 13.2 Å². The zero-order chi connectivity index (χ0) is 21.3. The van der Waals surface area contributed by atoms with E-state index >= 15 is 0 Å². The average molecular weight is 405 g/mol. The minimum Gasteiger partial charge on any atom is -0.457 e. The maximum atomic E-state index is 14.1. The van der Waals surface area contributed by atoms with E-state index in [1.165, 1.54) is 0 Å². The van der Waals surface area contributed by atoms with Gasteiger partial charge in [0.15, 0.2) is 0 Å². The summed E-state index contributed by atoms with van der Waals surface area (Å²) in [6, 6.07) is 5.35. The van der Waals surface area contributed by atoms with Gasteiger partial charge in [0.2, 0.25) is 0 Å². The SMILES string of the molecule is Bc1c(C(F)(F)C(F)(F)CO)ccc(Oc2cc(F)cc(C#N)c2)c1C(F)F. The lowest BCUT2D eigenvalue weighted by Gasteiger charge is -2.28. The summed E-state index contributed by atoms with van der Waals surface area (Å²) in [5.41, 5.74) is -3.57. The van der Waals surface area contributed by atoms with Gasteiger partial charge < -0.3 is 9.84 Å². The molecule has 0 bridgehead atoms. The second-order valence-corrected chi connectivity index (χ2v) is 5.78. The molecule has 2 aromatic carbocycles. The second-order valence-electron chi connectivity index (χ2n) is 5.78. The minimum absolute atomic E-state index is 0.184. The molecule has 148 valence electrons. The van der Waals surface area contributed by atoms with Crippen LogP contribution in [-0.2, 0) is 5.92 Å². The normalized spacial score (nSPS) is 12.1. The molecule has 0 atom stereocenters. The summed E-state index contributed by atoms with van der Waals surface area (Å²) in [4.78, 5) is 0. The highest BCUT2D eigenvalue weighted by Gasteiger charge is 2.57. The number of hydrogen-bond donors (Lipinski definition) is 1. The lowest BCUT2D eigenvalue weighted by atomic mass is 9.81. The Kier molecular flexibility index (Phi) is 5.94. The Balaban J connectivity index is 2.59. The van der Waals surface area contributed by atoms with Gasteiger partial charge in [0.05, 0.1) is 17.2 Å². The molecule has 0 spiro atoms. The van der Waals surface area contributed by atoms with E-state index in [-0.39, 0.29) is 11.3 Å². The molecule has 3 nitrogen and oxygen atoms in total. The quantitative estimate of drug-likeness (QED) is 0.592. The van der Waals surface area contributed by atoms with Crippen molar-refractivity contribution < 1.29 is 40.6 Å². The summed E-state index contributed by atoms with van der Waals surface area (Å²) < 4.78 is 100. The highest BCUT2D eigenvalue weighted by molar-refractivity contribution is 6.34. The molecule has 0 saturated heterocycles. The highest BCUT2D eigenvalue weighted by atomic mass is 19.3. The van der Waals surface area contributed by atoms with Gasteiger partial charge in [-0.05, 0) is 24.3 Å². The average Bonchev–Trinajstić information content (AvgIpc) is 2.60. The molecule has 0 saturated carbocycles. The van der Waals surface area contributed by atoms with E-state index in [0.717, 1.165) is 26.0 Å². The Morgan fingerprint density at radius 1 is 1.14 bits per heavy atom. The van der Waals surface area contributed by atoms with Crippen LogP contribution in [0, 0.1) is 17.1 Å². The van der Waals surface area contributed by atoms with Crippen molar-refractivity contribution in [2.24, 2.45) is 0 Å². The van der Waals surface area contributed by atoms with Gasteiger partial charge in [-0.3, -0.25) is 0 Å². The summed E-state index contributed by atoms with van der Waals surface area (Å²) in [7, 11) is 0.775. The fourth-order valence-electron chi connectivity index (χ4n) is 2.51. The molecule has 0 fully saturated rings. The molecule has 0 aliphatic heterocycles. The number of aliphatic hydroxyl groups excluding tert-OH is 1. The van der Waals surface area contributed by atoms with Crippen LogP contribution in [0.1, 0.15) is 23.1 Å². The molecule has 2 aromatic rings. The van der Waals surface area contributed by atoms with Gasteiger partial charge in [-0.1, -0.05) is 5.46 Å². The second kappa shape index (κ2) is 7.71. The Bertz CT molecular complexity index is 928.